The van der Waals surface area contributed by atoms with Crippen molar-refractivity contribution in [3.63, 3.8) is 0 Å². The van der Waals surface area contributed by atoms with E-state index in [0.717, 1.165) is 44.9 Å². The number of carbonyl (C=O) groups is 4. The van der Waals surface area contributed by atoms with Gasteiger partial charge in [-0.15, -0.1) is 0 Å². The van der Waals surface area contributed by atoms with Gasteiger partial charge < -0.3 is 33.9 Å². The van der Waals surface area contributed by atoms with Gasteiger partial charge in [0.05, 0.1) is 13.2 Å². The number of hydrogen-bond acceptors (Lipinski definition) is 11. The molecule has 0 radical (unpaired) electrons. The fraction of sp³-hybridized carbons (Fsp3) is 0.842. The Balaban J connectivity index is 1.21. The molecule has 4 fully saturated rings. The van der Waals surface area contributed by atoms with Crippen molar-refractivity contribution >= 4 is 23.7 Å². The molecule has 0 bridgehead atoms. The summed E-state index contributed by atoms with van der Waals surface area (Å²) >= 11 is 0. The number of rotatable bonds is 11. The summed E-state index contributed by atoms with van der Waals surface area (Å²) in [6.45, 7) is 12.5. The molecule has 1 saturated heterocycles. The van der Waals surface area contributed by atoms with Crippen molar-refractivity contribution < 1.29 is 53.1 Å². The fourth-order valence-electron chi connectivity index (χ4n) is 10.7. The first-order valence-electron chi connectivity index (χ1n) is 18.4. The Morgan fingerprint density at radius 2 is 1.69 bits per heavy atom. The van der Waals surface area contributed by atoms with E-state index in [-0.39, 0.29) is 41.7 Å². The van der Waals surface area contributed by atoms with Gasteiger partial charge in [-0.1, -0.05) is 26.3 Å². The van der Waals surface area contributed by atoms with Gasteiger partial charge in [0.1, 0.15) is 17.8 Å². The smallest absolute Gasteiger partial charge is 0.303 e. The van der Waals surface area contributed by atoms with E-state index in [0.29, 0.717) is 37.0 Å². The summed E-state index contributed by atoms with van der Waals surface area (Å²) in [6.07, 6.45) is 5.32. The Labute approximate surface area is 290 Å². The third kappa shape index (κ3) is 7.65. The summed E-state index contributed by atoms with van der Waals surface area (Å²) in [5, 5.41) is 23.2. The number of allylic oxidation sites excluding steroid dienone is 1. The second-order valence-electron chi connectivity index (χ2n) is 16.4. The number of aliphatic hydroxyl groups excluding tert-OH is 1. The topological polar surface area (TPSA) is 155 Å². The van der Waals surface area contributed by atoms with Gasteiger partial charge in [0.25, 0.3) is 0 Å². The van der Waals surface area contributed by atoms with Crippen LogP contribution < -0.4 is 0 Å². The maximum Gasteiger partial charge on any atom is 0.303 e. The van der Waals surface area contributed by atoms with E-state index in [1.165, 1.54) is 26.3 Å². The Morgan fingerprint density at radius 3 is 2.37 bits per heavy atom. The minimum atomic E-state index is -1.37. The number of carbonyl (C=O) groups excluding carboxylic acids is 4. The predicted molar refractivity (Wildman–Crippen MR) is 178 cm³/mol. The lowest BCUT2D eigenvalue weighted by atomic mass is 9.46. The van der Waals surface area contributed by atoms with Crippen molar-refractivity contribution in [3.05, 3.63) is 11.6 Å². The van der Waals surface area contributed by atoms with E-state index in [4.69, 9.17) is 23.7 Å². The third-order valence-electron chi connectivity index (χ3n) is 13.1. The zero-order valence-corrected chi connectivity index (χ0v) is 30.4. The summed E-state index contributed by atoms with van der Waals surface area (Å²) < 4.78 is 27.9. The molecule has 0 aromatic heterocycles. The zero-order valence-electron chi connectivity index (χ0n) is 30.4. The first-order valence-corrected chi connectivity index (χ1v) is 18.4. The van der Waals surface area contributed by atoms with Gasteiger partial charge >= 0.3 is 17.9 Å². The van der Waals surface area contributed by atoms with Crippen molar-refractivity contribution in [2.24, 2.45) is 40.4 Å². The number of ketones is 1. The van der Waals surface area contributed by atoms with Crippen LogP contribution in [0.4, 0.5) is 0 Å². The van der Waals surface area contributed by atoms with Crippen molar-refractivity contribution in [1.29, 1.82) is 0 Å². The van der Waals surface area contributed by atoms with E-state index in [2.05, 4.69) is 13.8 Å². The second kappa shape index (κ2) is 14.7. The third-order valence-corrected chi connectivity index (χ3v) is 13.1. The van der Waals surface area contributed by atoms with E-state index in [1.54, 1.807) is 0 Å². The Hall–Kier alpha value is -2.34. The number of aliphatic hydroxyl groups is 2. The van der Waals surface area contributed by atoms with Crippen molar-refractivity contribution in [2.45, 2.75) is 149 Å². The lowest BCUT2D eigenvalue weighted by Gasteiger charge is -2.59. The molecule has 11 nitrogen and oxygen atoms in total. The lowest BCUT2D eigenvalue weighted by Crippen LogP contribution is -2.57. The van der Waals surface area contributed by atoms with Crippen LogP contribution >= 0.6 is 0 Å². The Kier molecular flexibility index (Phi) is 11.4. The largest absolute Gasteiger partial charge is 0.459 e. The molecular weight excluding hydrogens is 632 g/mol. The van der Waals surface area contributed by atoms with Crippen LogP contribution in [0.5, 0.6) is 0 Å². The van der Waals surface area contributed by atoms with Crippen LogP contribution in [0, 0.1) is 40.4 Å². The molecular formula is C38H58O11. The molecule has 1 aliphatic heterocycles. The van der Waals surface area contributed by atoms with Gasteiger partial charge in [-0.05, 0) is 111 Å². The number of fused-ring (bicyclic) bond motifs is 5. The highest BCUT2D eigenvalue weighted by molar-refractivity contribution is 5.91. The summed E-state index contributed by atoms with van der Waals surface area (Å²) in [5.41, 5.74) is 0.107. The van der Waals surface area contributed by atoms with Crippen LogP contribution in [0.2, 0.25) is 0 Å². The lowest BCUT2D eigenvalue weighted by molar-refractivity contribution is -0.278. The normalized spacial score (nSPS) is 39.6. The molecule has 49 heavy (non-hydrogen) atoms. The van der Waals surface area contributed by atoms with E-state index >= 15 is 0 Å². The van der Waals surface area contributed by atoms with Crippen LogP contribution in [-0.2, 0) is 42.9 Å². The molecule has 0 aromatic carbocycles. The highest BCUT2D eigenvalue weighted by Crippen LogP contribution is 2.68. The standard InChI is InChI=1S/C38H58O11/c1-21(19-45-35-33(43)34(49-24(4)41)30(20-46-35)47-22(2)39)8-13-32(48-23(3)40)38(7,44)31-12-11-28-27-10-9-25-18-26(42)14-16-36(25,5)29(27)15-17-37(28,31)6/h18,21,27-35,43-44H,8-17,19-20H2,1-7H3. The maximum atomic E-state index is 12.4. The molecule has 11 heteroatoms. The van der Waals surface area contributed by atoms with Gasteiger partial charge in [-0.3, -0.25) is 19.2 Å². The highest BCUT2D eigenvalue weighted by atomic mass is 16.7. The van der Waals surface area contributed by atoms with Gasteiger partial charge in [0.15, 0.2) is 24.3 Å². The van der Waals surface area contributed by atoms with Crippen molar-refractivity contribution in [3.8, 4) is 0 Å². The molecule has 3 saturated carbocycles. The average Bonchev–Trinajstić information content (AvgIpc) is 3.38. The Morgan fingerprint density at radius 1 is 0.980 bits per heavy atom. The van der Waals surface area contributed by atoms with Crippen LogP contribution in [-0.4, -0.2) is 83.4 Å². The molecule has 13 unspecified atom stereocenters. The second-order valence-corrected chi connectivity index (χ2v) is 16.4. The SMILES string of the molecule is CC(=O)OC1COC(OCC(C)CCC(OC(C)=O)C(C)(O)C2CCC3C4CCC5=CC(=O)CCC5(C)C4CCC32C)C(O)C1OC(C)=O. The molecule has 1 heterocycles. The first-order chi connectivity index (χ1) is 23.0. The maximum absolute atomic E-state index is 12.4. The molecule has 4 aliphatic carbocycles. The van der Waals surface area contributed by atoms with Gasteiger partial charge in [0, 0.05) is 27.2 Å². The van der Waals surface area contributed by atoms with Crippen LogP contribution in [0.25, 0.3) is 0 Å². The number of ether oxygens (including phenoxy) is 5. The van der Waals surface area contributed by atoms with Crippen LogP contribution in [0.15, 0.2) is 11.6 Å². The monoisotopic (exact) mass is 690 g/mol. The summed E-state index contributed by atoms with van der Waals surface area (Å²) in [6, 6.07) is 0. The van der Waals surface area contributed by atoms with Gasteiger partial charge in [-0.2, -0.15) is 0 Å². The first kappa shape index (κ1) is 37.9. The molecule has 5 rings (SSSR count). The molecule has 0 amide bonds. The molecule has 5 aliphatic rings. The average molecular weight is 691 g/mol. The summed E-state index contributed by atoms with van der Waals surface area (Å²) in [7, 11) is 0. The minimum absolute atomic E-state index is 0.0336. The van der Waals surface area contributed by atoms with Crippen molar-refractivity contribution in [1.82, 2.24) is 0 Å². The van der Waals surface area contributed by atoms with Gasteiger partial charge in [-0.25, -0.2) is 0 Å². The molecule has 2 N–H and O–H groups in total. The highest BCUT2D eigenvalue weighted by Gasteiger charge is 2.63. The zero-order chi connectivity index (χ0) is 35.9. The predicted octanol–water partition coefficient (Wildman–Crippen LogP) is 4.83. The molecule has 0 spiro atoms. The molecule has 276 valence electrons. The van der Waals surface area contributed by atoms with Crippen LogP contribution in [0.3, 0.4) is 0 Å². The summed E-state index contributed by atoms with van der Waals surface area (Å²) in [4.78, 5) is 47.8. The number of hydrogen-bond donors (Lipinski definition) is 2. The van der Waals surface area contributed by atoms with E-state index < -0.39 is 54.2 Å². The molecule has 13 atom stereocenters. The van der Waals surface area contributed by atoms with Gasteiger partial charge in [0.2, 0.25) is 0 Å². The van der Waals surface area contributed by atoms with Crippen LogP contribution in [0.1, 0.15) is 113 Å². The Bertz CT molecular complexity index is 1290. The minimum Gasteiger partial charge on any atom is -0.459 e. The van der Waals surface area contributed by atoms with Crippen molar-refractivity contribution in [2.75, 3.05) is 13.2 Å². The van der Waals surface area contributed by atoms with E-state index in [1.807, 2.05) is 19.9 Å². The fourth-order valence-corrected chi connectivity index (χ4v) is 10.7. The molecule has 0 aromatic rings. The quantitative estimate of drug-likeness (QED) is 0.226. The van der Waals surface area contributed by atoms with E-state index in [9.17, 15) is 29.4 Å². The summed E-state index contributed by atoms with van der Waals surface area (Å²) in [5.74, 6) is 0.114. The number of esters is 3.